The highest BCUT2D eigenvalue weighted by molar-refractivity contribution is 5.41. The second-order valence-corrected chi connectivity index (χ2v) is 4.66. The molecule has 0 saturated carbocycles. The molecule has 1 aromatic carbocycles. The summed E-state index contributed by atoms with van der Waals surface area (Å²) in [5.74, 6) is 0.785. The Hall–Kier alpha value is -1.23. The monoisotopic (exact) mass is 259 g/mol. The molecule has 1 aliphatic rings. The predicted molar refractivity (Wildman–Crippen MR) is 62.7 cm³/mol. The maximum atomic E-state index is 12.4. The minimum atomic E-state index is -4.17. The zero-order valence-electron chi connectivity index (χ0n) is 10.3. The normalized spacial score (nSPS) is 20.4. The Kier molecular flexibility index (Phi) is 3.52. The van der Waals surface area contributed by atoms with Crippen molar-refractivity contribution in [2.24, 2.45) is 0 Å². The summed E-state index contributed by atoms with van der Waals surface area (Å²) in [5, 5.41) is 2.72. The van der Waals surface area contributed by atoms with Crippen LogP contribution in [0, 0.1) is 0 Å². The highest BCUT2D eigenvalue weighted by Gasteiger charge is 2.32. The SMILES string of the molecule is CNC(CC(F)(F)F)c1ccc2c(c1)CC(C)O2. The van der Waals surface area contributed by atoms with Crippen molar-refractivity contribution in [1.82, 2.24) is 5.32 Å². The van der Waals surface area contributed by atoms with E-state index in [0.29, 0.717) is 5.56 Å². The molecule has 0 amide bonds. The third kappa shape index (κ3) is 2.96. The van der Waals surface area contributed by atoms with Crippen molar-refractivity contribution in [1.29, 1.82) is 0 Å². The highest BCUT2D eigenvalue weighted by Crippen LogP contribution is 2.34. The molecule has 5 heteroatoms. The van der Waals surface area contributed by atoms with Crippen LogP contribution in [0.25, 0.3) is 0 Å². The average Bonchev–Trinajstić information content (AvgIpc) is 2.63. The molecule has 18 heavy (non-hydrogen) atoms. The van der Waals surface area contributed by atoms with E-state index in [1.165, 1.54) is 0 Å². The van der Waals surface area contributed by atoms with Gasteiger partial charge in [-0.2, -0.15) is 13.2 Å². The molecule has 1 heterocycles. The Labute approximate surface area is 104 Å². The largest absolute Gasteiger partial charge is 0.490 e. The van der Waals surface area contributed by atoms with Crippen LogP contribution in [0.1, 0.15) is 30.5 Å². The highest BCUT2D eigenvalue weighted by atomic mass is 19.4. The summed E-state index contributed by atoms with van der Waals surface area (Å²) in [6.45, 7) is 1.95. The lowest BCUT2D eigenvalue weighted by Crippen LogP contribution is -2.23. The second kappa shape index (κ2) is 4.80. The van der Waals surface area contributed by atoms with E-state index >= 15 is 0 Å². The molecule has 1 N–H and O–H groups in total. The lowest BCUT2D eigenvalue weighted by molar-refractivity contribution is -0.140. The molecule has 100 valence electrons. The van der Waals surface area contributed by atoms with Crippen molar-refractivity contribution in [3.05, 3.63) is 29.3 Å². The third-order valence-electron chi connectivity index (χ3n) is 3.11. The first-order valence-electron chi connectivity index (χ1n) is 5.92. The standard InChI is InChI=1S/C13H16F3NO/c1-8-5-10-6-9(3-4-12(10)18-8)11(17-2)7-13(14,15)16/h3-4,6,8,11,17H,5,7H2,1-2H3. The van der Waals surface area contributed by atoms with Gasteiger partial charge in [-0.25, -0.2) is 0 Å². The van der Waals surface area contributed by atoms with Crippen LogP contribution in [0.5, 0.6) is 5.75 Å². The van der Waals surface area contributed by atoms with Crippen LogP contribution < -0.4 is 10.1 Å². The number of benzene rings is 1. The summed E-state index contributed by atoms with van der Waals surface area (Å²) in [6, 6.07) is 4.57. The molecular formula is C13H16F3NO. The van der Waals surface area contributed by atoms with Crippen molar-refractivity contribution in [3.63, 3.8) is 0 Å². The van der Waals surface area contributed by atoms with Gasteiger partial charge < -0.3 is 10.1 Å². The lowest BCUT2D eigenvalue weighted by atomic mass is 9.99. The molecule has 2 atom stereocenters. The zero-order valence-corrected chi connectivity index (χ0v) is 10.3. The van der Waals surface area contributed by atoms with Crippen molar-refractivity contribution in [2.75, 3.05) is 7.05 Å². The first-order valence-corrected chi connectivity index (χ1v) is 5.92. The Balaban J connectivity index is 2.20. The Bertz CT molecular complexity index is 431. The van der Waals surface area contributed by atoms with Crippen molar-refractivity contribution in [3.8, 4) is 5.75 Å². The average molecular weight is 259 g/mol. The van der Waals surface area contributed by atoms with Gasteiger partial charge in [0.15, 0.2) is 0 Å². The van der Waals surface area contributed by atoms with Gasteiger partial charge in [-0.1, -0.05) is 12.1 Å². The van der Waals surface area contributed by atoms with Crippen molar-refractivity contribution < 1.29 is 17.9 Å². The van der Waals surface area contributed by atoms with Gasteiger partial charge in [0.2, 0.25) is 0 Å². The van der Waals surface area contributed by atoms with Crippen LogP contribution in [0.4, 0.5) is 13.2 Å². The molecule has 1 aromatic rings. The summed E-state index contributed by atoms with van der Waals surface area (Å²) in [4.78, 5) is 0. The number of rotatable bonds is 3. The van der Waals surface area contributed by atoms with Crippen LogP contribution in [-0.2, 0) is 6.42 Å². The molecule has 2 rings (SSSR count). The Morgan fingerprint density at radius 3 is 2.78 bits per heavy atom. The number of ether oxygens (including phenoxy) is 1. The summed E-state index contributed by atoms with van der Waals surface area (Å²) >= 11 is 0. The Morgan fingerprint density at radius 1 is 1.44 bits per heavy atom. The third-order valence-corrected chi connectivity index (χ3v) is 3.11. The molecule has 2 unspecified atom stereocenters. The maximum Gasteiger partial charge on any atom is 0.390 e. The first kappa shape index (κ1) is 13.2. The van der Waals surface area contributed by atoms with Gasteiger partial charge in [-0.05, 0) is 31.2 Å². The van der Waals surface area contributed by atoms with Crippen LogP contribution in [0.2, 0.25) is 0 Å². The molecule has 1 aliphatic heterocycles. The molecule has 0 aliphatic carbocycles. The number of halogens is 3. The first-order chi connectivity index (χ1) is 8.39. The second-order valence-electron chi connectivity index (χ2n) is 4.66. The van der Waals surface area contributed by atoms with Gasteiger partial charge in [0, 0.05) is 12.5 Å². The van der Waals surface area contributed by atoms with E-state index in [9.17, 15) is 13.2 Å². The smallest absolute Gasteiger partial charge is 0.390 e. The Morgan fingerprint density at radius 2 is 2.17 bits per heavy atom. The number of hydrogen-bond donors (Lipinski definition) is 1. The van der Waals surface area contributed by atoms with E-state index in [-0.39, 0.29) is 6.10 Å². The lowest BCUT2D eigenvalue weighted by Gasteiger charge is -2.19. The summed E-state index contributed by atoms with van der Waals surface area (Å²) < 4.78 is 42.9. The predicted octanol–water partition coefficient (Wildman–Crippen LogP) is 3.22. The van der Waals surface area contributed by atoms with Crippen molar-refractivity contribution >= 4 is 0 Å². The number of alkyl halides is 3. The summed E-state index contributed by atoms with van der Waals surface area (Å²) in [7, 11) is 1.54. The van der Waals surface area contributed by atoms with E-state index in [1.54, 1.807) is 19.2 Å². The van der Waals surface area contributed by atoms with E-state index in [4.69, 9.17) is 4.74 Å². The van der Waals surface area contributed by atoms with Crippen LogP contribution in [-0.4, -0.2) is 19.3 Å². The number of nitrogens with one attached hydrogen (secondary N) is 1. The van der Waals surface area contributed by atoms with Crippen LogP contribution in [0.3, 0.4) is 0 Å². The maximum absolute atomic E-state index is 12.4. The molecule has 0 radical (unpaired) electrons. The minimum Gasteiger partial charge on any atom is -0.490 e. The van der Waals surface area contributed by atoms with Gasteiger partial charge in [0.05, 0.1) is 6.42 Å². The zero-order chi connectivity index (χ0) is 13.3. The fraction of sp³-hybridized carbons (Fsp3) is 0.538. The van der Waals surface area contributed by atoms with Crippen LogP contribution in [0.15, 0.2) is 18.2 Å². The molecule has 2 nitrogen and oxygen atoms in total. The van der Waals surface area contributed by atoms with Gasteiger partial charge in [0.25, 0.3) is 0 Å². The quantitative estimate of drug-likeness (QED) is 0.899. The minimum absolute atomic E-state index is 0.103. The molecule has 0 fully saturated rings. The van der Waals surface area contributed by atoms with Crippen LogP contribution >= 0.6 is 0 Å². The van der Waals surface area contributed by atoms with Gasteiger partial charge in [-0.3, -0.25) is 0 Å². The number of hydrogen-bond acceptors (Lipinski definition) is 2. The van der Waals surface area contributed by atoms with Gasteiger partial charge in [0.1, 0.15) is 11.9 Å². The van der Waals surface area contributed by atoms with Gasteiger partial charge >= 0.3 is 6.18 Å². The fourth-order valence-corrected chi connectivity index (χ4v) is 2.28. The molecule has 0 aromatic heterocycles. The summed E-state index contributed by atoms with van der Waals surface area (Å²) in [5.41, 5.74) is 1.65. The van der Waals surface area contributed by atoms with E-state index in [0.717, 1.165) is 17.7 Å². The summed E-state index contributed by atoms with van der Waals surface area (Å²) in [6.07, 6.45) is -4.17. The van der Waals surface area contributed by atoms with E-state index < -0.39 is 18.6 Å². The topological polar surface area (TPSA) is 21.3 Å². The molecule has 0 spiro atoms. The van der Waals surface area contributed by atoms with Crippen molar-refractivity contribution in [2.45, 2.75) is 38.1 Å². The number of fused-ring (bicyclic) bond motifs is 1. The van der Waals surface area contributed by atoms with E-state index in [1.807, 2.05) is 13.0 Å². The molecule has 0 saturated heterocycles. The van der Waals surface area contributed by atoms with Gasteiger partial charge in [-0.15, -0.1) is 0 Å². The van der Waals surface area contributed by atoms with E-state index in [2.05, 4.69) is 5.32 Å². The molecule has 0 bridgehead atoms. The molecular weight excluding hydrogens is 243 g/mol. The fourth-order valence-electron chi connectivity index (χ4n) is 2.28.